The number of aliphatic hydroxyl groups is 1. The molecule has 0 spiro atoms. The standard InChI is InChI=1S/C26H30ClNO5S/c1-5-18(2)25(28-34(30,31)24-16-10-21(27)11-17-24)26(29,19-6-12-22(32-3)13-7-19)20-8-14-23(33-4)15-9-20/h6-18,25,28-29H,5H2,1-4H3. The Balaban J connectivity index is 2.18. The largest absolute Gasteiger partial charge is 0.497 e. The molecule has 0 heterocycles. The highest BCUT2D eigenvalue weighted by atomic mass is 35.5. The van der Waals surface area contributed by atoms with Gasteiger partial charge in [0.15, 0.2) is 0 Å². The minimum Gasteiger partial charge on any atom is -0.497 e. The van der Waals surface area contributed by atoms with Crippen molar-refractivity contribution in [3.63, 3.8) is 0 Å². The predicted molar refractivity (Wildman–Crippen MR) is 134 cm³/mol. The summed E-state index contributed by atoms with van der Waals surface area (Å²) >= 11 is 5.95. The van der Waals surface area contributed by atoms with Crippen molar-refractivity contribution in [2.75, 3.05) is 14.2 Å². The van der Waals surface area contributed by atoms with Gasteiger partial charge in [0.25, 0.3) is 0 Å². The molecule has 182 valence electrons. The summed E-state index contributed by atoms with van der Waals surface area (Å²) in [4.78, 5) is 0.0667. The van der Waals surface area contributed by atoms with E-state index in [2.05, 4.69) is 4.72 Å². The smallest absolute Gasteiger partial charge is 0.240 e. The van der Waals surface area contributed by atoms with Crippen molar-refractivity contribution in [3.05, 3.63) is 88.9 Å². The van der Waals surface area contributed by atoms with Crippen LogP contribution in [0.1, 0.15) is 31.4 Å². The summed E-state index contributed by atoms with van der Waals surface area (Å²) in [6.45, 7) is 3.86. The minimum atomic E-state index is -3.97. The van der Waals surface area contributed by atoms with Crippen molar-refractivity contribution in [2.24, 2.45) is 5.92 Å². The van der Waals surface area contributed by atoms with Gasteiger partial charge in [0.05, 0.1) is 25.2 Å². The van der Waals surface area contributed by atoms with Gasteiger partial charge in [-0.3, -0.25) is 0 Å². The van der Waals surface area contributed by atoms with Crippen LogP contribution in [0.2, 0.25) is 5.02 Å². The fraction of sp³-hybridized carbons (Fsp3) is 0.308. The molecule has 0 amide bonds. The number of hydrogen-bond donors (Lipinski definition) is 2. The molecule has 0 aromatic heterocycles. The lowest BCUT2D eigenvalue weighted by atomic mass is 9.75. The van der Waals surface area contributed by atoms with Crippen molar-refractivity contribution in [1.29, 1.82) is 0 Å². The van der Waals surface area contributed by atoms with E-state index in [1.165, 1.54) is 24.3 Å². The van der Waals surface area contributed by atoms with Crippen LogP contribution in [0.25, 0.3) is 0 Å². The molecular formula is C26H30ClNO5S. The molecule has 0 aliphatic rings. The van der Waals surface area contributed by atoms with E-state index in [4.69, 9.17) is 21.1 Å². The number of methoxy groups -OCH3 is 2. The Morgan fingerprint density at radius 1 is 0.882 bits per heavy atom. The van der Waals surface area contributed by atoms with Crippen LogP contribution in [-0.4, -0.2) is 33.8 Å². The van der Waals surface area contributed by atoms with Crippen molar-refractivity contribution < 1.29 is 23.0 Å². The van der Waals surface area contributed by atoms with E-state index in [-0.39, 0.29) is 10.8 Å². The molecule has 0 saturated heterocycles. The van der Waals surface area contributed by atoms with E-state index in [1.54, 1.807) is 62.8 Å². The summed E-state index contributed by atoms with van der Waals surface area (Å²) in [5, 5.41) is 12.8. The summed E-state index contributed by atoms with van der Waals surface area (Å²) in [7, 11) is -0.849. The molecule has 0 radical (unpaired) electrons. The van der Waals surface area contributed by atoms with Crippen LogP contribution in [0.4, 0.5) is 0 Å². The minimum absolute atomic E-state index is 0.0667. The molecule has 8 heteroatoms. The quantitative estimate of drug-likeness (QED) is 0.407. The van der Waals surface area contributed by atoms with Gasteiger partial charge in [0.2, 0.25) is 10.0 Å². The molecule has 0 fully saturated rings. The second-order valence-corrected chi connectivity index (χ2v) is 10.3. The molecule has 0 aliphatic carbocycles. The van der Waals surface area contributed by atoms with E-state index in [9.17, 15) is 13.5 Å². The van der Waals surface area contributed by atoms with Crippen molar-refractivity contribution in [2.45, 2.75) is 36.8 Å². The Bertz CT molecular complexity index is 1130. The number of nitrogens with one attached hydrogen (secondary N) is 1. The first-order chi connectivity index (χ1) is 16.1. The molecule has 0 aliphatic heterocycles. The molecule has 34 heavy (non-hydrogen) atoms. The maximum absolute atomic E-state index is 13.4. The first kappa shape index (κ1) is 26.0. The molecule has 0 saturated carbocycles. The first-order valence-corrected chi connectivity index (χ1v) is 12.8. The van der Waals surface area contributed by atoms with E-state index in [0.29, 0.717) is 34.1 Å². The van der Waals surface area contributed by atoms with E-state index in [0.717, 1.165) is 0 Å². The van der Waals surface area contributed by atoms with Gasteiger partial charge in [-0.25, -0.2) is 13.1 Å². The van der Waals surface area contributed by atoms with Crippen molar-refractivity contribution in [3.8, 4) is 11.5 Å². The van der Waals surface area contributed by atoms with Crippen LogP contribution in [0, 0.1) is 5.92 Å². The molecular weight excluding hydrogens is 474 g/mol. The Labute approximate surface area is 206 Å². The van der Waals surface area contributed by atoms with Gasteiger partial charge in [-0.2, -0.15) is 0 Å². The summed E-state index contributed by atoms with van der Waals surface area (Å²) in [5.41, 5.74) is -0.627. The lowest BCUT2D eigenvalue weighted by molar-refractivity contribution is 0.0246. The molecule has 3 aromatic rings. The molecule has 2 atom stereocenters. The maximum atomic E-state index is 13.4. The lowest BCUT2D eigenvalue weighted by Gasteiger charge is -2.40. The highest BCUT2D eigenvalue weighted by Crippen LogP contribution is 2.39. The van der Waals surface area contributed by atoms with Crippen LogP contribution < -0.4 is 14.2 Å². The van der Waals surface area contributed by atoms with Crippen LogP contribution in [0.3, 0.4) is 0 Å². The number of sulfonamides is 1. The maximum Gasteiger partial charge on any atom is 0.240 e. The van der Waals surface area contributed by atoms with Gasteiger partial charge in [0, 0.05) is 5.02 Å². The van der Waals surface area contributed by atoms with E-state index in [1.807, 2.05) is 13.8 Å². The molecule has 3 aromatic carbocycles. The normalized spacial score (nSPS) is 13.8. The van der Waals surface area contributed by atoms with Gasteiger partial charge in [0.1, 0.15) is 17.1 Å². The van der Waals surface area contributed by atoms with Gasteiger partial charge < -0.3 is 14.6 Å². The molecule has 2 N–H and O–H groups in total. The predicted octanol–water partition coefficient (Wildman–Crippen LogP) is 4.99. The number of ether oxygens (including phenoxy) is 2. The summed E-state index contributed by atoms with van der Waals surface area (Å²) in [6, 6.07) is 19.0. The topological polar surface area (TPSA) is 84.9 Å². The number of hydrogen-bond acceptors (Lipinski definition) is 5. The second kappa shape index (κ2) is 10.8. The summed E-state index contributed by atoms with van der Waals surface area (Å²) in [5.74, 6) is 1.03. The van der Waals surface area contributed by atoms with Gasteiger partial charge >= 0.3 is 0 Å². The number of rotatable bonds is 10. The molecule has 6 nitrogen and oxygen atoms in total. The Morgan fingerprint density at radius 2 is 1.32 bits per heavy atom. The average molecular weight is 504 g/mol. The fourth-order valence-electron chi connectivity index (χ4n) is 3.91. The van der Waals surface area contributed by atoms with E-state index >= 15 is 0 Å². The Morgan fingerprint density at radius 3 is 1.71 bits per heavy atom. The monoisotopic (exact) mass is 503 g/mol. The van der Waals surface area contributed by atoms with Crippen molar-refractivity contribution in [1.82, 2.24) is 4.72 Å². The highest BCUT2D eigenvalue weighted by molar-refractivity contribution is 7.89. The third-order valence-corrected chi connectivity index (χ3v) is 7.84. The average Bonchev–Trinajstić information content (AvgIpc) is 2.86. The van der Waals surface area contributed by atoms with Crippen LogP contribution >= 0.6 is 11.6 Å². The molecule has 3 rings (SSSR count). The Kier molecular flexibility index (Phi) is 8.25. The van der Waals surface area contributed by atoms with Crippen LogP contribution in [-0.2, 0) is 15.6 Å². The Hall–Kier alpha value is -2.58. The fourth-order valence-corrected chi connectivity index (χ4v) is 5.41. The zero-order chi connectivity index (χ0) is 24.9. The SMILES string of the molecule is CCC(C)C(NS(=O)(=O)c1ccc(Cl)cc1)C(O)(c1ccc(OC)cc1)c1ccc(OC)cc1. The van der Waals surface area contributed by atoms with Crippen LogP contribution in [0.15, 0.2) is 77.7 Å². The van der Waals surface area contributed by atoms with Gasteiger partial charge in [-0.1, -0.05) is 56.1 Å². The van der Waals surface area contributed by atoms with E-state index < -0.39 is 21.7 Å². The highest BCUT2D eigenvalue weighted by Gasteiger charge is 2.45. The second-order valence-electron chi connectivity index (χ2n) is 8.16. The lowest BCUT2D eigenvalue weighted by Crippen LogP contribution is -2.54. The molecule has 2 unspecified atom stereocenters. The summed E-state index contributed by atoms with van der Waals surface area (Å²) in [6.07, 6.45) is 0.627. The van der Waals surface area contributed by atoms with Gasteiger partial charge in [-0.15, -0.1) is 0 Å². The zero-order valence-corrected chi connectivity index (χ0v) is 21.2. The third-order valence-electron chi connectivity index (χ3n) is 6.13. The van der Waals surface area contributed by atoms with Crippen LogP contribution in [0.5, 0.6) is 11.5 Å². The first-order valence-electron chi connectivity index (χ1n) is 10.9. The number of halogens is 1. The third kappa shape index (κ3) is 5.39. The number of benzene rings is 3. The van der Waals surface area contributed by atoms with Crippen molar-refractivity contribution >= 4 is 21.6 Å². The summed E-state index contributed by atoms with van der Waals surface area (Å²) < 4.78 is 40.1. The van der Waals surface area contributed by atoms with Gasteiger partial charge in [-0.05, 0) is 65.6 Å². The molecule has 0 bridgehead atoms. The zero-order valence-electron chi connectivity index (χ0n) is 19.7.